The van der Waals surface area contributed by atoms with E-state index in [4.69, 9.17) is 9.84 Å². The molecule has 0 unspecified atom stereocenters. The smallest absolute Gasteiger partial charge is 0.335 e. The number of ether oxygens (including phenoxy) is 1. The maximum Gasteiger partial charge on any atom is 0.335 e. The van der Waals surface area contributed by atoms with Crippen molar-refractivity contribution in [2.75, 3.05) is 19.8 Å². The zero-order valence-corrected chi connectivity index (χ0v) is 12.5. The van der Waals surface area contributed by atoms with Crippen molar-refractivity contribution in [1.29, 1.82) is 0 Å². The summed E-state index contributed by atoms with van der Waals surface area (Å²) >= 11 is 0. The molecule has 0 aromatic heterocycles. The van der Waals surface area contributed by atoms with Gasteiger partial charge in [-0.25, -0.2) is 22.3 Å². The highest BCUT2D eigenvalue weighted by Gasteiger charge is 2.35. The molecule has 8 heteroatoms. The zero-order chi connectivity index (χ0) is 15.8. The summed E-state index contributed by atoms with van der Waals surface area (Å²) in [5, 5.41) is 8.90. The van der Waals surface area contributed by atoms with Gasteiger partial charge in [-0.1, -0.05) is 6.92 Å². The Balaban J connectivity index is 2.32. The highest BCUT2D eigenvalue weighted by molar-refractivity contribution is 7.89. The van der Waals surface area contributed by atoms with Gasteiger partial charge in [0.1, 0.15) is 5.82 Å². The Hall–Kier alpha value is -1.51. The Morgan fingerprint density at radius 2 is 2.10 bits per heavy atom. The average molecular weight is 317 g/mol. The van der Waals surface area contributed by atoms with E-state index in [2.05, 4.69) is 4.72 Å². The molecule has 0 spiro atoms. The first-order valence-electron chi connectivity index (χ1n) is 6.25. The molecule has 2 rings (SSSR count). The van der Waals surface area contributed by atoms with Crippen LogP contribution in [0.3, 0.4) is 0 Å². The molecule has 1 heterocycles. The topological polar surface area (TPSA) is 92.7 Å². The number of carboxylic acids is 1. The maximum absolute atomic E-state index is 13.7. The van der Waals surface area contributed by atoms with E-state index >= 15 is 0 Å². The third kappa shape index (κ3) is 3.22. The molecular formula is C13H16FNO5S. The summed E-state index contributed by atoms with van der Waals surface area (Å²) < 4.78 is 45.6. The van der Waals surface area contributed by atoms with E-state index in [0.29, 0.717) is 13.2 Å². The van der Waals surface area contributed by atoms with Crippen LogP contribution >= 0.6 is 0 Å². The minimum absolute atomic E-state index is 0.109. The molecular weight excluding hydrogens is 301 g/mol. The largest absolute Gasteiger partial charge is 0.478 e. The fourth-order valence-electron chi connectivity index (χ4n) is 1.96. The number of hydrogen-bond acceptors (Lipinski definition) is 4. The molecule has 116 valence electrons. The standard InChI is InChI=1S/C13H16FNO5S/c1-8-10(14)3-9(12(16)17)4-11(8)21(18,19)15-5-13(2)6-20-7-13/h3-4,15H,5-7H2,1-2H3,(H,16,17). The number of benzene rings is 1. The van der Waals surface area contributed by atoms with Crippen LogP contribution in [-0.4, -0.2) is 39.3 Å². The quantitative estimate of drug-likeness (QED) is 0.850. The molecule has 21 heavy (non-hydrogen) atoms. The van der Waals surface area contributed by atoms with Gasteiger partial charge in [0.15, 0.2) is 0 Å². The Kier molecular flexibility index (Phi) is 4.05. The second-order valence-corrected chi connectivity index (χ2v) is 7.25. The molecule has 0 radical (unpaired) electrons. The van der Waals surface area contributed by atoms with Crippen molar-refractivity contribution in [3.8, 4) is 0 Å². The fraction of sp³-hybridized carbons (Fsp3) is 0.462. The number of carboxylic acid groups (broad SMARTS) is 1. The van der Waals surface area contributed by atoms with Crippen molar-refractivity contribution in [3.63, 3.8) is 0 Å². The lowest BCUT2D eigenvalue weighted by molar-refractivity contribution is -0.0965. The van der Waals surface area contributed by atoms with Crippen LogP contribution in [0.15, 0.2) is 17.0 Å². The van der Waals surface area contributed by atoms with Crippen molar-refractivity contribution in [2.24, 2.45) is 5.41 Å². The molecule has 6 nitrogen and oxygen atoms in total. The summed E-state index contributed by atoms with van der Waals surface area (Å²) in [4.78, 5) is 10.6. The van der Waals surface area contributed by atoms with Gasteiger partial charge in [0.05, 0.1) is 23.7 Å². The van der Waals surface area contributed by atoms with E-state index in [1.165, 1.54) is 6.92 Å². The Bertz CT molecular complexity index is 682. The SMILES string of the molecule is Cc1c(F)cc(C(=O)O)cc1S(=O)(=O)NCC1(C)COC1. The van der Waals surface area contributed by atoms with Crippen molar-refractivity contribution in [1.82, 2.24) is 4.72 Å². The van der Waals surface area contributed by atoms with Gasteiger partial charge in [-0.2, -0.15) is 0 Å². The predicted molar refractivity (Wildman–Crippen MR) is 72.2 cm³/mol. The molecule has 1 aromatic rings. The lowest BCUT2D eigenvalue weighted by Crippen LogP contribution is -2.48. The van der Waals surface area contributed by atoms with Gasteiger partial charge >= 0.3 is 5.97 Å². The van der Waals surface area contributed by atoms with Crippen LogP contribution in [0.5, 0.6) is 0 Å². The minimum atomic E-state index is -3.99. The van der Waals surface area contributed by atoms with Crippen LogP contribution in [0.25, 0.3) is 0 Å². The first kappa shape index (κ1) is 15.9. The Labute approximate surface area is 122 Å². The van der Waals surface area contributed by atoms with Gasteiger partial charge in [-0.15, -0.1) is 0 Å². The van der Waals surface area contributed by atoms with Gasteiger partial charge in [0.25, 0.3) is 0 Å². The molecule has 1 aliphatic heterocycles. The summed E-state index contributed by atoms with van der Waals surface area (Å²) in [7, 11) is -3.99. The Morgan fingerprint density at radius 1 is 1.48 bits per heavy atom. The number of nitrogens with one attached hydrogen (secondary N) is 1. The van der Waals surface area contributed by atoms with E-state index in [1.807, 2.05) is 6.92 Å². The number of hydrogen-bond donors (Lipinski definition) is 2. The molecule has 1 fully saturated rings. The van der Waals surface area contributed by atoms with Crippen LogP contribution in [0, 0.1) is 18.2 Å². The summed E-state index contributed by atoms with van der Waals surface area (Å²) in [6.07, 6.45) is 0. The number of halogens is 1. The van der Waals surface area contributed by atoms with Crippen LogP contribution < -0.4 is 4.72 Å². The van der Waals surface area contributed by atoms with Crippen LogP contribution in [0.1, 0.15) is 22.8 Å². The van der Waals surface area contributed by atoms with Crippen LogP contribution in [0.2, 0.25) is 0 Å². The maximum atomic E-state index is 13.7. The van der Waals surface area contributed by atoms with Gasteiger partial charge < -0.3 is 9.84 Å². The number of sulfonamides is 1. The van der Waals surface area contributed by atoms with Crippen molar-refractivity contribution in [2.45, 2.75) is 18.7 Å². The zero-order valence-electron chi connectivity index (χ0n) is 11.6. The lowest BCUT2D eigenvalue weighted by Gasteiger charge is -2.37. The molecule has 0 bridgehead atoms. The molecule has 1 saturated heterocycles. The molecule has 2 N–H and O–H groups in total. The van der Waals surface area contributed by atoms with Crippen molar-refractivity contribution >= 4 is 16.0 Å². The van der Waals surface area contributed by atoms with Crippen LogP contribution in [0.4, 0.5) is 4.39 Å². The van der Waals surface area contributed by atoms with Crippen LogP contribution in [-0.2, 0) is 14.8 Å². The van der Waals surface area contributed by atoms with Crippen molar-refractivity contribution < 1.29 is 27.4 Å². The monoisotopic (exact) mass is 317 g/mol. The second-order valence-electron chi connectivity index (χ2n) is 5.51. The summed E-state index contributed by atoms with van der Waals surface area (Å²) in [5.41, 5.74) is -0.802. The van der Waals surface area contributed by atoms with Gasteiger partial charge in [-0.3, -0.25) is 0 Å². The molecule has 0 saturated carbocycles. The molecule has 1 aliphatic rings. The molecule has 0 amide bonds. The lowest BCUT2D eigenvalue weighted by atomic mass is 9.89. The van der Waals surface area contributed by atoms with Gasteiger partial charge in [0, 0.05) is 17.5 Å². The van der Waals surface area contributed by atoms with E-state index < -0.39 is 27.4 Å². The Morgan fingerprint density at radius 3 is 2.57 bits per heavy atom. The van der Waals surface area contributed by atoms with E-state index in [9.17, 15) is 17.6 Å². The summed E-state index contributed by atoms with van der Waals surface area (Å²) in [5.74, 6) is -2.25. The molecule has 1 aromatic carbocycles. The first-order valence-corrected chi connectivity index (χ1v) is 7.74. The fourth-order valence-corrected chi connectivity index (χ4v) is 3.43. The van der Waals surface area contributed by atoms with E-state index in [1.54, 1.807) is 0 Å². The summed E-state index contributed by atoms with van der Waals surface area (Å²) in [6, 6.07) is 1.76. The van der Waals surface area contributed by atoms with E-state index in [-0.39, 0.29) is 22.4 Å². The van der Waals surface area contributed by atoms with Gasteiger partial charge in [-0.05, 0) is 19.1 Å². The average Bonchev–Trinajstić information content (AvgIpc) is 2.36. The minimum Gasteiger partial charge on any atom is -0.478 e. The van der Waals surface area contributed by atoms with Gasteiger partial charge in [0.2, 0.25) is 10.0 Å². The highest BCUT2D eigenvalue weighted by atomic mass is 32.2. The third-order valence-electron chi connectivity index (χ3n) is 3.42. The number of aromatic carboxylic acids is 1. The first-order chi connectivity index (χ1) is 9.65. The number of carbonyl (C=O) groups is 1. The van der Waals surface area contributed by atoms with Crippen molar-refractivity contribution in [3.05, 3.63) is 29.1 Å². The third-order valence-corrected chi connectivity index (χ3v) is 4.95. The van der Waals surface area contributed by atoms with E-state index in [0.717, 1.165) is 12.1 Å². The summed E-state index contributed by atoms with van der Waals surface area (Å²) in [6.45, 7) is 4.19. The highest BCUT2D eigenvalue weighted by Crippen LogP contribution is 2.27. The normalized spacial score (nSPS) is 17.3. The predicted octanol–water partition coefficient (Wildman–Crippen LogP) is 1.15. The second kappa shape index (κ2) is 5.36. The number of rotatable bonds is 5. The molecule has 0 aliphatic carbocycles. The molecule has 0 atom stereocenters.